The maximum atomic E-state index is 12.9. The van der Waals surface area contributed by atoms with Gasteiger partial charge in [0.25, 0.3) is 0 Å². The molecule has 5 heteroatoms. The molecule has 1 saturated carbocycles. The minimum absolute atomic E-state index is 0.0533. The molecule has 114 valence electrons. The first-order valence-corrected chi connectivity index (χ1v) is 7.74. The Balaban J connectivity index is 2.14. The molecule has 1 unspecified atom stereocenters. The number of nitrogens with zero attached hydrogens (tertiary/aromatic N) is 1. The fourth-order valence-electron chi connectivity index (χ4n) is 3.57. The summed E-state index contributed by atoms with van der Waals surface area (Å²) >= 11 is 0. The molecule has 2 aliphatic rings. The zero-order valence-corrected chi connectivity index (χ0v) is 12.7. The van der Waals surface area contributed by atoms with Gasteiger partial charge < -0.3 is 16.0 Å². The van der Waals surface area contributed by atoms with Crippen LogP contribution in [0.2, 0.25) is 0 Å². The highest BCUT2D eigenvalue weighted by Crippen LogP contribution is 2.33. The Labute approximate surface area is 121 Å². The normalized spacial score (nSPS) is 26.4. The lowest BCUT2D eigenvalue weighted by molar-refractivity contribution is -0.142. The summed E-state index contributed by atoms with van der Waals surface area (Å²) in [7, 11) is 0. The van der Waals surface area contributed by atoms with Crippen LogP contribution in [0, 0.1) is 5.41 Å². The second-order valence-electron chi connectivity index (χ2n) is 6.85. The van der Waals surface area contributed by atoms with E-state index in [0.717, 1.165) is 45.1 Å². The monoisotopic (exact) mass is 281 g/mol. The quantitative estimate of drug-likeness (QED) is 0.808. The molecule has 0 aromatic heterocycles. The molecular weight excluding hydrogens is 254 g/mol. The van der Waals surface area contributed by atoms with Crippen molar-refractivity contribution < 1.29 is 9.59 Å². The lowest BCUT2D eigenvalue weighted by Gasteiger charge is -2.42. The Bertz CT molecular complexity index is 375. The van der Waals surface area contributed by atoms with Crippen molar-refractivity contribution in [3.63, 3.8) is 0 Å². The number of nitrogens with one attached hydrogen (secondary N) is 1. The number of primary amides is 1. The van der Waals surface area contributed by atoms with Crippen molar-refractivity contribution in [1.29, 1.82) is 0 Å². The highest BCUT2D eigenvalue weighted by Gasteiger charge is 2.41. The third-order valence-electron chi connectivity index (χ3n) is 4.75. The average Bonchev–Trinajstić information content (AvgIpc) is 2.88. The molecular formula is C15H27N3O2. The number of nitrogens with two attached hydrogens (primary N) is 1. The summed E-state index contributed by atoms with van der Waals surface area (Å²) in [6.45, 7) is 5.17. The number of carbonyl (C=O) groups is 2. The fourth-order valence-corrected chi connectivity index (χ4v) is 3.57. The number of rotatable bonds is 4. The Morgan fingerprint density at radius 3 is 2.45 bits per heavy atom. The van der Waals surface area contributed by atoms with Crippen LogP contribution < -0.4 is 11.1 Å². The molecule has 0 aromatic rings. The van der Waals surface area contributed by atoms with Crippen molar-refractivity contribution in [3.05, 3.63) is 0 Å². The van der Waals surface area contributed by atoms with Crippen molar-refractivity contribution >= 4 is 11.8 Å². The fraction of sp³-hybridized carbons (Fsp3) is 0.867. The summed E-state index contributed by atoms with van der Waals surface area (Å²) in [5.74, 6) is -0.362. The van der Waals surface area contributed by atoms with Crippen molar-refractivity contribution in [3.8, 4) is 0 Å². The summed E-state index contributed by atoms with van der Waals surface area (Å²) in [5, 5.41) is 3.34. The van der Waals surface area contributed by atoms with Crippen LogP contribution in [0.25, 0.3) is 0 Å². The summed E-state index contributed by atoms with van der Waals surface area (Å²) in [6, 6.07) is -0.00859. The predicted octanol–water partition coefficient (Wildman–Crippen LogP) is 1.02. The van der Waals surface area contributed by atoms with E-state index in [4.69, 9.17) is 5.73 Å². The van der Waals surface area contributed by atoms with Crippen molar-refractivity contribution in [1.82, 2.24) is 10.2 Å². The SMILES string of the molecule is CC1(C)CCCNC1C(=O)N(CC(N)=O)C1CCCC1. The predicted molar refractivity (Wildman–Crippen MR) is 78.0 cm³/mol. The Morgan fingerprint density at radius 1 is 1.25 bits per heavy atom. The molecule has 3 N–H and O–H groups in total. The molecule has 0 radical (unpaired) electrons. The van der Waals surface area contributed by atoms with E-state index < -0.39 is 5.91 Å². The minimum Gasteiger partial charge on any atom is -0.368 e. The number of hydrogen-bond acceptors (Lipinski definition) is 3. The average molecular weight is 281 g/mol. The zero-order chi connectivity index (χ0) is 14.8. The van der Waals surface area contributed by atoms with Gasteiger partial charge in [-0.25, -0.2) is 0 Å². The van der Waals surface area contributed by atoms with Gasteiger partial charge in [-0.1, -0.05) is 26.7 Å². The number of amides is 2. The van der Waals surface area contributed by atoms with Gasteiger partial charge >= 0.3 is 0 Å². The van der Waals surface area contributed by atoms with Crippen LogP contribution in [0.5, 0.6) is 0 Å². The highest BCUT2D eigenvalue weighted by molar-refractivity contribution is 5.87. The van der Waals surface area contributed by atoms with Crippen LogP contribution in [0.4, 0.5) is 0 Å². The summed E-state index contributed by atoms with van der Waals surface area (Å²) in [5.41, 5.74) is 5.28. The largest absolute Gasteiger partial charge is 0.368 e. The molecule has 0 bridgehead atoms. The maximum Gasteiger partial charge on any atom is 0.240 e. The van der Waals surface area contributed by atoms with Gasteiger partial charge in [0.05, 0.1) is 12.6 Å². The Kier molecular flexibility index (Phi) is 4.68. The second-order valence-corrected chi connectivity index (χ2v) is 6.85. The van der Waals surface area contributed by atoms with E-state index in [2.05, 4.69) is 19.2 Å². The molecule has 0 spiro atoms. The lowest BCUT2D eigenvalue weighted by Crippen LogP contribution is -2.59. The van der Waals surface area contributed by atoms with E-state index >= 15 is 0 Å². The van der Waals surface area contributed by atoms with E-state index in [9.17, 15) is 9.59 Å². The summed E-state index contributed by atoms with van der Waals surface area (Å²) < 4.78 is 0. The molecule has 2 fully saturated rings. The van der Waals surface area contributed by atoms with Crippen LogP contribution in [-0.2, 0) is 9.59 Å². The number of piperidine rings is 1. The lowest BCUT2D eigenvalue weighted by atomic mass is 9.77. The van der Waals surface area contributed by atoms with Gasteiger partial charge in [-0.3, -0.25) is 9.59 Å². The van der Waals surface area contributed by atoms with Crippen LogP contribution in [0.3, 0.4) is 0 Å². The molecule has 1 atom stereocenters. The standard InChI is InChI=1S/C15H27N3O2/c1-15(2)8-5-9-17-13(15)14(20)18(10-12(16)19)11-6-3-4-7-11/h11,13,17H,3-10H2,1-2H3,(H2,16,19). The highest BCUT2D eigenvalue weighted by atomic mass is 16.2. The second kappa shape index (κ2) is 6.12. The van der Waals surface area contributed by atoms with E-state index in [1.54, 1.807) is 4.90 Å². The number of carbonyl (C=O) groups excluding carboxylic acids is 2. The summed E-state index contributed by atoms with van der Waals surface area (Å²) in [6.07, 6.45) is 6.38. The van der Waals surface area contributed by atoms with Gasteiger partial charge in [-0.05, 0) is 37.6 Å². The third-order valence-corrected chi connectivity index (χ3v) is 4.75. The van der Waals surface area contributed by atoms with E-state index in [-0.39, 0.29) is 30.0 Å². The molecule has 20 heavy (non-hydrogen) atoms. The van der Waals surface area contributed by atoms with Crippen molar-refractivity contribution in [2.24, 2.45) is 11.1 Å². The van der Waals surface area contributed by atoms with Gasteiger partial charge in [0.15, 0.2) is 0 Å². The van der Waals surface area contributed by atoms with Crippen LogP contribution in [-0.4, -0.2) is 41.9 Å². The van der Waals surface area contributed by atoms with Gasteiger partial charge in [-0.2, -0.15) is 0 Å². The van der Waals surface area contributed by atoms with Crippen LogP contribution in [0.15, 0.2) is 0 Å². The molecule has 5 nitrogen and oxygen atoms in total. The van der Waals surface area contributed by atoms with E-state index in [1.807, 2.05) is 0 Å². The topological polar surface area (TPSA) is 75.4 Å². The third kappa shape index (κ3) is 3.32. The first-order valence-electron chi connectivity index (χ1n) is 7.74. The molecule has 1 aliphatic heterocycles. The van der Waals surface area contributed by atoms with Gasteiger partial charge in [0.1, 0.15) is 0 Å². The molecule has 0 aromatic carbocycles. The first-order chi connectivity index (χ1) is 9.42. The Morgan fingerprint density at radius 2 is 1.90 bits per heavy atom. The Hall–Kier alpha value is -1.10. The van der Waals surface area contributed by atoms with Gasteiger partial charge in [0, 0.05) is 6.04 Å². The van der Waals surface area contributed by atoms with E-state index in [1.165, 1.54) is 0 Å². The first kappa shape index (κ1) is 15.3. The van der Waals surface area contributed by atoms with E-state index in [0.29, 0.717) is 0 Å². The van der Waals surface area contributed by atoms with Crippen LogP contribution in [0.1, 0.15) is 52.4 Å². The van der Waals surface area contributed by atoms with Gasteiger partial charge in [0.2, 0.25) is 11.8 Å². The van der Waals surface area contributed by atoms with Crippen molar-refractivity contribution in [2.45, 2.75) is 64.5 Å². The van der Waals surface area contributed by atoms with Crippen molar-refractivity contribution in [2.75, 3.05) is 13.1 Å². The minimum atomic E-state index is -0.418. The van der Waals surface area contributed by atoms with Gasteiger partial charge in [-0.15, -0.1) is 0 Å². The molecule has 1 aliphatic carbocycles. The number of hydrogen-bond donors (Lipinski definition) is 2. The molecule has 1 heterocycles. The molecule has 2 amide bonds. The molecule has 2 rings (SSSR count). The zero-order valence-electron chi connectivity index (χ0n) is 12.7. The van der Waals surface area contributed by atoms with Crippen LogP contribution >= 0.6 is 0 Å². The smallest absolute Gasteiger partial charge is 0.240 e. The maximum absolute atomic E-state index is 12.9. The summed E-state index contributed by atoms with van der Waals surface area (Å²) in [4.78, 5) is 26.0. The molecule has 1 saturated heterocycles.